The van der Waals surface area contributed by atoms with E-state index in [9.17, 15) is 9.59 Å². The molecule has 1 saturated heterocycles. The van der Waals surface area contributed by atoms with Gasteiger partial charge in [-0.1, -0.05) is 18.2 Å². The van der Waals surface area contributed by atoms with E-state index in [2.05, 4.69) is 16.7 Å². The van der Waals surface area contributed by atoms with E-state index in [0.717, 1.165) is 25.0 Å². The second kappa shape index (κ2) is 7.67. The Hall–Kier alpha value is -2.04. The molecule has 0 spiro atoms. The quantitative estimate of drug-likeness (QED) is 0.746. The van der Waals surface area contributed by atoms with Crippen molar-refractivity contribution in [2.24, 2.45) is 0 Å². The largest absolute Gasteiger partial charge is 0.496 e. The maximum absolute atomic E-state index is 11.8. The molecule has 1 atom stereocenters. The molecule has 21 heavy (non-hydrogen) atoms. The number of benzene rings is 1. The SMILES string of the molecule is COc1ccccc1CCCCNC(=O)C1CCC(=O)N1. The minimum atomic E-state index is -0.341. The molecular formula is C16H22N2O3. The first kappa shape index (κ1) is 15.4. The Bertz CT molecular complexity index is 502. The highest BCUT2D eigenvalue weighted by Gasteiger charge is 2.26. The number of para-hydroxylation sites is 1. The number of hydrogen-bond donors (Lipinski definition) is 2. The molecule has 1 aromatic carbocycles. The second-order valence-electron chi connectivity index (χ2n) is 5.22. The zero-order valence-corrected chi connectivity index (χ0v) is 12.4. The predicted molar refractivity (Wildman–Crippen MR) is 80.1 cm³/mol. The van der Waals surface area contributed by atoms with Crippen molar-refractivity contribution in [3.8, 4) is 5.75 Å². The number of carbonyl (C=O) groups excluding carboxylic acids is 2. The van der Waals surface area contributed by atoms with Gasteiger partial charge in [0.1, 0.15) is 11.8 Å². The zero-order valence-electron chi connectivity index (χ0n) is 12.4. The monoisotopic (exact) mass is 290 g/mol. The molecule has 0 saturated carbocycles. The molecule has 2 rings (SSSR count). The fourth-order valence-electron chi connectivity index (χ4n) is 2.50. The van der Waals surface area contributed by atoms with Crippen molar-refractivity contribution >= 4 is 11.8 Å². The van der Waals surface area contributed by atoms with E-state index in [-0.39, 0.29) is 17.9 Å². The van der Waals surface area contributed by atoms with E-state index in [1.54, 1.807) is 7.11 Å². The van der Waals surface area contributed by atoms with Crippen LogP contribution in [-0.2, 0) is 16.0 Å². The van der Waals surface area contributed by atoms with Gasteiger partial charge in [-0.05, 0) is 37.3 Å². The second-order valence-corrected chi connectivity index (χ2v) is 5.22. The Morgan fingerprint density at radius 1 is 1.38 bits per heavy atom. The van der Waals surface area contributed by atoms with E-state index in [4.69, 9.17) is 4.74 Å². The van der Waals surface area contributed by atoms with Crippen molar-refractivity contribution in [3.63, 3.8) is 0 Å². The minimum absolute atomic E-state index is 0.0358. The summed E-state index contributed by atoms with van der Waals surface area (Å²) in [5.41, 5.74) is 1.19. The van der Waals surface area contributed by atoms with Crippen LogP contribution < -0.4 is 15.4 Å². The highest BCUT2D eigenvalue weighted by molar-refractivity contribution is 5.90. The summed E-state index contributed by atoms with van der Waals surface area (Å²) in [6, 6.07) is 7.64. The number of rotatable bonds is 7. The smallest absolute Gasteiger partial charge is 0.242 e. The van der Waals surface area contributed by atoms with Gasteiger partial charge in [-0.2, -0.15) is 0 Å². The van der Waals surface area contributed by atoms with Crippen molar-refractivity contribution in [1.29, 1.82) is 0 Å². The van der Waals surface area contributed by atoms with E-state index in [1.807, 2.05) is 18.2 Å². The molecule has 2 N–H and O–H groups in total. The molecule has 114 valence electrons. The lowest BCUT2D eigenvalue weighted by atomic mass is 10.1. The van der Waals surface area contributed by atoms with Crippen LogP contribution in [0.3, 0.4) is 0 Å². The molecule has 5 nitrogen and oxygen atoms in total. The van der Waals surface area contributed by atoms with Crippen LogP contribution in [0, 0.1) is 0 Å². The number of unbranched alkanes of at least 4 members (excludes halogenated alkanes) is 1. The van der Waals surface area contributed by atoms with Gasteiger partial charge in [0.15, 0.2) is 0 Å². The summed E-state index contributed by atoms with van der Waals surface area (Å²) in [5, 5.41) is 5.54. The van der Waals surface area contributed by atoms with Gasteiger partial charge in [0.2, 0.25) is 11.8 Å². The van der Waals surface area contributed by atoms with Crippen LogP contribution in [0.1, 0.15) is 31.2 Å². The molecule has 0 radical (unpaired) electrons. The van der Waals surface area contributed by atoms with Crippen molar-refractivity contribution < 1.29 is 14.3 Å². The summed E-state index contributed by atoms with van der Waals surface area (Å²) in [4.78, 5) is 22.8. The first-order valence-corrected chi connectivity index (χ1v) is 7.39. The molecule has 0 bridgehead atoms. The van der Waals surface area contributed by atoms with E-state index < -0.39 is 0 Å². The van der Waals surface area contributed by atoms with Gasteiger partial charge < -0.3 is 15.4 Å². The molecule has 0 aromatic heterocycles. The maximum atomic E-state index is 11.8. The first-order valence-electron chi connectivity index (χ1n) is 7.39. The van der Waals surface area contributed by atoms with Gasteiger partial charge in [-0.15, -0.1) is 0 Å². The maximum Gasteiger partial charge on any atom is 0.242 e. The lowest BCUT2D eigenvalue weighted by Gasteiger charge is -2.11. The fourth-order valence-corrected chi connectivity index (χ4v) is 2.50. The Morgan fingerprint density at radius 3 is 2.90 bits per heavy atom. The average molecular weight is 290 g/mol. The fraction of sp³-hybridized carbons (Fsp3) is 0.500. The van der Waals surface area contributed by atoms with Gasteiger partial charge in [0, 0.05) is 13.0 Å². The van der Waals surface area contributed by atoms with Gasteiger partial charge in [-0.25, -0.2) is 0 Å². The van der Waals surface area contributed by atoms with Gasteiger partial charge in [0.25, 0.3) is 0 Å². The molecule has 1 fully saturated rings. The number of nitrogens with one attached hydrogen (secondary N) is 2. The van der Waals surface area contributed by atoms with Crippen LogP contribution in [-0.4, -0.2) is 31.5 Å². The van der Waals surface area contributed by atoms with Crippen LogP contribution in [0.5, 0.6) is 5.75 Å². The Labute approximate surface area is 125 Å². The molecule has 1 aliphatic heterocycles. The van der Waals surface area contributed by atoms with Crippen molar-refractivity contribution in [1.82, 2.24) is 10.6 Å². The third-order valence-electron chi connectivity index (χ3n) is 3.68. The molecule has 1 aromatic rings. The third kappa shape index (κ3) is 4.48. The zero-order chi connectivity index (χ0) is 15.1. The van der Waals surface area contributed by atoms with Crippen LogP contribution in [0.15, 0.2) is 24.3 Å². The molecule has 1 unspecified atom stereocenters. The number of carbonyl (C=O) groups is 2. The van der Waals surface area contributed by atoms with Crippen molar-refractivity contribution in [2.75, 3.05) is 13.7 Å². The molecule has 0 aliphatic carbocycles. The summed E-state index contributed by atoms with van der Waals surface area (Å²) in [5.74, 6) is 0.805. The summed E-state index contributed by atoms with van der Waals surface area (Å²) in [6.07, 6.45) is 3.87. The first-order chi connectivity index (χ1) is 10.2. The van der Waals surface area contributed by atoms with E-state index in [1.165, 1.54) is 5.56 Å². The number of amides is 2. The van der Waals surface area contributed by atoms with Crippen LogP contribution in [0.25, 0.3) is 0 Å². The predicted octanol–water partition coefficient (Wildman–Crippen LogP) is 1.41. The number of aryl methyl sites for hydroxylation is 1. The highest BCUT2D eigenvalue weighted by Crippen LogP contribution is 2.19. The lowest BCUT2D eigenvalue weighted by molar-refractivity contribution is -0.125. The van der Waals surface area contributed by atoms with E-state index >= 15 is 0 Å². The summed E-state index contributed by atoms with van der Waals surface area (Å²) < 4.78 is 5.31. The molecule has 2 amide bonds. The van der Waals surface area contributed by atoms with Gasteiger partial charge in [-0.3, -0.25) is 9.59 Å². The minimum Gasteiger partial charge on any atom is -0.496 e. The topological polar surface area (TPSA) is 67.4 Å². The van der Waals surface area contributed by atoms with Crippen LogP contribution >= 0.6 is 0 Å². The Morgan fingerprint density at radius 2 is 2.19 bits per heavy atom. The van der Waals surface area contributed by atoms with Gasteiger partial charge in [0.05, 0.1) is 7.11 Å². The number of ether oxygens (including phenoxy) is 1. The van der Waals surface area contributed by atoms with Crippen molar-refractivity contribution in [2.45, 2.75) is 38.1 Å². The molecular weight excluding hydrogens is 268 g/mol. The molecule has 1 heterocycles. The number of methoxy groups -OCH3 is 1. The summed E-state index contributed by atoms with van der Waals surface area (Å²) in [7, 11) is 1.68. The highest BCUT2D eigenvalue weighted by atomic mass is 16.5. The number of hydrogen-bond acceptors (Lipinski definition) is 3. The van der Waals surface area contributed by atoms with Crippen molar-refractivity contribution in [3.05, 3.63) is 29.8 Å². The Kier molecular flexibility index (Phi) is 5.60. The summed E-state index contributed by atoms with van der Waals surface area (Å²) >= 11 is 0. The van der Waals surface area contributed by atoms with Gasteiger partial charge >= 0.3 is 0 Å². The standard InChI is InChI=1S/C16H22N2O3/c1-21-14-8-3-2-6-12(14)7-4-5-11-17-16(20)13-9-10-15(19)18-13/h2-3,6,8,13H,4-5,7,9-11H2,1H3,(H,17,20)(H,18,19). The Balaban J connectivity index is 1.64. The molecule has 1 aliphatic rings. The van der Waals surface area contributed by atoms with E-state index in [0.29, 0.717) is 19.4 Å². The summed E-state index contributed by atoms with van der Waals surface area (Å²) in [6.45, 7) is 0.639. The average Bonchev–Trinajstić information content (AvgIpc) is 2.94. The van der Waals surface area contributed by atoms with Crippen LogP contribution in [0.2, 0.25) is 0 Å². The van der Waals surface area contributed by atoms with Crippen LogP contribution in [0.4, 0.5) is 0 Å². The molecule has 5 heteroatoms. The third-order valence-corrected chi connectivity index (χ3v) is 3.68. The normalized spacial score (nSPS) is 17.4. The lowest BCUT2D eigenvalue weighted by Crippen LogP contribution is -2.41.